The summed E-state index contributed by atoms with van der Waals surface area (Å²) in [6.45, 7) is 6.55. The number of furan rings is 1. The summed E-state index contributed by atoms with van der Waals surface area (Å²) in [6, 6.07) is 0. The van der Waals surface area contributed by atoms with E-state index in [4.69, 9.17) is 4.42 Å². The van der Waals surface area contributed by atoms with E-state index in [9.17, 15) is 13.2 Å². The summed E-state index contributed by atoms with van der Waals surface area (Å²) in [7, 11) is -3.17. The van der Waals surface area contributed by atoms with E-state index in [1.165, 1.54) is 10.6 Å². The van der Waals surface area contributed by atoms with Crippen molar-refractivity contribution in [2.45, 2.75) is 40.0 Å². The molecule has 0 N–H and O–H groups in total. The van der Waals surface area contributed by atoms with Gasteiger partial charge in [-0.1, -0.05) is 0 Å². The summed E-state index contributed by atoms with van der Waals surface area (Å²) in [5.74, 6) is 1.58. The minimum Gasteiger partial charge on any atom is -0.466 e. The van der Waals surface area contributed by atoms with E-state index in [-0.39, 0.29) is 11.7 Å². The zero-order valence-electron chi connectivity index (χ0n) is 13.1. The van der Waals surface area contributed by atoms with Crippen LogP contribution < -0.4 is 0 Å². The van der Waals surface area contributed by atoms with Crippen LogP contribution in [0.3, 0.4) is 0 Å². The molecule has 21 heavy (non-hydrogen) atoms. The molecule has 1 aliphatic heterocycles. The average Bonchev–Trinajstić information content (AvgIpc) is 2.62. The van der Waals surface area contributed by atoms with Crippen LogP contribution in [0.1, 0.15) is 46.7 Å². The normalized spacial score (nSPS) is 20.7. The molecule has 1 aromatic heterocycles. The van der Waals surface area contributed by atoms with E-state index in [1.54, 1.807) is 6.92 Å². The molecule has 1 saturated heterocycles. The molecule has 118 valence electrons. The number of rotatable bonds is 4. The van der Waals surface area contributed by atoms with Crippen molar-refractivity contribution in [2.24, 2.45) is 5.92 Å². The largest absolute Gasteiger partial charge is 0.466 e. The monoisotopic (exact) mass is 313 g/mol. The lowest BCUT2D eigenvalue weighted by atomic mass is 9.91. The van der Waals surface area contributed by atoms with Gasteiger partial charge in [-0.2, -0.15) is 0 Å². The topological polar surface area (TPSA) is 67.6 Å². The molecule has 0 aromatic carbocycles. The van der Waals surface area contributed by atoms with Crippen LogP contribution in [0.5, 0.6) is 0 Å². The minimum atomic E-state index is -3.17. The second-order valence-corrected chi connectivity index (χ2v) is 7.95. The number of hydrogen-bond donors (Lipinski definition) is 0. The maximum Gasteiger partial charge on any atom is 0.211 e. The molecule has 1 unspecified atom stereocenters. The van der Waals surface area contributed by atoms with Gasteiger partial charge in [-0.25, -0.2) is 12.7 Å². The van der Waals surface area contributed by atoms with Gasteiger partial charge in [0.1, 0.15) is 11.5 Å². The summed E-state index contributed by atoms with van der Waals surface area (Å²) in [5, 5.41) is 0. The first kappa shape index (κ1) is 16.2. The number of carbonyl (C=O) groups excluding carboxylic acids is 1. The lowest BCUT2D eigenvalue weighted by molar-refractivity contribution is 0.0940. The number of aryl methyl sites for hydroxylation is 2. The Balaban J connectivity index is 2.09. The standard InChI is InChI=1S/C15H23NO4S/c1-10-11(2)20-12(3)15(10)14(17)8-13-6-5-7-16(9-13)21(4,18)19/h13H,5-9H2,1-4H3. The van der Waals surface area contributed by atoms with Crippen LogP contribution in [0.4, 0.5) is 0 Å². The molecular weight excluding hydrogens is 290 g/mol. The Morgan fingerprint density at radius 1 is 1.29 bits per heavy atom. The third kappa shape index (κ3) is 3.55. The molecule has 6 heteroatoms. The molecule has 0 spiro atoms. The Labute approximate surface area is 126 Å². The summed E-state index contributed by atoms with van der Waals surface area (Å²) in [5.41, 5.74) is 1.57. The van der Waals surface area contributed by atoms with Gasteiger partial charge in [0.25, 0.3) is 0 Å². The molecule has 5 nitrogen and oxygen atoms in total. The van der Waals surface area contributed by atoms with Gasteiger partial charge in [-0.15, -0.1) is 0 Å². The van der Waals surface area contributed by atoms with E-state index in [1.807, 2.05) is 13.8 Å². The van der Waals surface area contributed by atoms with Crippen LogP contribution in [0.25, 0.3) is 0 Å². The number of ketones is 1. The molecular formula is C15H23NO4S. The maximum absolute atomic E-state index is 12.5. The molecule has 1 atom stereocenters. The van der Waals surface area contributed by atoms with Gasteiger partial charge >= 0.3 is 0 Å². The van der Waals surface area contributed by atoms with E-state index < -0.39 is 10.0 Å². The zero-order chi connectivity index (χ0) is 15.8. The minimum absolute atomic E-state index is 0.0576. The Hall–Kier alpha value is -1.14. The molecule has 0 saturated carbocycles. The molecule has 1 aromatic rings. The maximum atomic E-state index is 12.5. The SMILES string of the molecule is Cc1oc(C)c(C(=O)CC2CCCN(S(C)(=O)=O)C2)c1C. The van der Waals surface area contributed by atoms with Crippen molar-refractivity contribution in [3.05, 3.63) is 22.6 Å². The number of hydrogen-bond acceptors (Lipinski definition) is 4. The second-order valence-electron chi connectivity index (χ2n) is 5.97. The molecule has 0 aliphatic carbocycles. The second kappa shape index (κ2) is 5.93. The average molecular weight is 313 g/mol. The Kier molecular flexibility index (Phi) is 4.58. The van der Waals surface area contributed by atoms with Gasteiger partial charge in [0, 0.05) is 25.1 Å². The number of nitrogens with zero attached hydrogens (tertiary/aromatic N) is 1. The first-order valence-corrected chi connectivity index (χ1v) is 9.10. The highest BCUT2D eigenvalue weighted by molar-refractivity contribution is 7.88. The lowest BCUT2D eigenvalue weighted by Gasteiger charge is -2.30. The Morgan fingerprint density at radius 2 is 1.95 bits per heavy atom. The highest BCUT2D eigenvalue weighted by atomic mass is 32.2. The van der Waals surface area contributed by atoms with Gasteiger partial charge in [-0.05, 0) is 39.5 Å². The number of piperidine rings is 1. The molecule has 2 heterocycles. The Morgan fingerprint density at radius 3 is 2.48 bits per heavy atom. The molecule has 1 fully saturated rings. The lowest BCUT2D eigenvalue weighted by Crippen LogP contribution is -2.39. The van der Waals surface area contributed by atoms with Crippen LogP contribution in [0, 0.1) is 26.7 Å². The van der Waals surface area contributed by atoms with Crippen molar-refractivity contribution in [1.29, 1.82) is 0 Å². The van der Waals surface area contributed by atoms with E-state index in [2.05, 4.69) is 0 Å². The third-order valence-electron chi connectivity index (χ3n) is 4.26. The fraction of sp³-hybridized carbons (Fsp3) is 0.667. The fourth-order valence-corrected chi connectivity index (χ4v) is 4.00. The predicted molar refractivity (Wildman–Crippen MR) is 81.0 cm³/mol. The van der Waals surface area contributed by atoms with Crippen LogP contribution >= 0.6 is 0 Å². The van der Waals surface area contributed by atoms with Crippen LogP contribution in [-0.2, 0) is 10.0 Å². The number of Topliss-reactive ketones (excluding diaryl/α,β-unsaturated/α-hetero) is 1. The van der Waals surface area contributed by atoms with Crippen molar-refractivity contribution >= 4 is 15.8 Å². The van der Waals surface area contributed by atoms with Crippen molar-refractivity contribution in [3.63, 3.8) is 0 Å². The molecule has 2 rings (SSSR count). The fourth-order valence-electron chi connectivity index (χ4n) is 3.06. The highest BCUT2D eigenvalue weighted by Crippen LogP contribution is 2.27. The smallest absolute Gasteiger partial charge is 0.211 e. The van der Waals surface area contributed by atoms with E-state index in [0.717, 1.165) is 24.2 Å². The number of carbonyl (C=O) groups is 1. The highest BCUT2D eigenvalue weighted by Gasteiger charge is 2.29. The van der Waals surface area contributed by atoms with Crippen molar-refractivity contribution in [3.8, 4) is 0 Å². The van der Waals surface area contributed by atoms with Crippen LogP contribution in [0.15, 0.2) is 4.42 Å². The molecule has 0 radical (unpaired) electrons. The molecule has 1 aliphatic rings. The van der Waals surface area contributed by atoms with Crippen molar-refractivity contribution in [1.82, 2.24) is 4.31 Å². The van der Waals surface area contributed by atoms with Gasteiger partial charge < -0.3 is 4.42 Å². The summed E-state index contributed by atoms with van der Waals surface area (Å²) < 4.78 is 30.2. The summed E-state index contributed by atoms with van der Waals surface area (Å²) in [6.07, 6.45) is 3.32. The third-order valence-corrected chi connectivity index (χ3v) is 5.53. The molecule has 0 amide bonds. The predicted octanol–water partition coefficient (Wildman–Crippen LogP) is 2.45. The summed E-state index contributed by atoms with van der Waals surface area (Å²) in [4.78, 5) is 12.5. The van der Waals surface area contributed by atoms with Gasteiger partial charge in [0.05, 0.1) is 11.8 Å². The van der Waals surface area contributed by atoms with E-state index in [0.29, 0.717) is 30.8 Å². The van der Waals surface area contributed by atoms with Crippen molar-refractivity contribution < 1.29 is 17.6 Å². The van der Waals surface area contributed by atoms with Gasteiger partial charge in [-0.3, -0.25) is 4.79 Å². The van der Waals surface area contributed by atoms with Gasteiger partial charge in [0.15, 0.2) is 5.78 Å². The first-order valence-electron chi connectivity index (χ1n) is 7.25. The Bertz CT molecular complexity index is 645. The van der Waals surface area contributed by atoms with Crippen molar-refractivity contribution in [2.75, 3.05) is 19.3 Å². The van der Waals surface area contributed by atoms with Crippen LogP contribution in [-0.4, -0.2) is 37.9 Å². The quantitative estimate of drug-likeness (QED) is 0.801. The first-order chi connectivity index (χ1) is 9.70. The van der Waals surface area contributed by atoms with Gasteiger partial charge in [0.2, 0.25) is 10.0 Å². The molecule has 0 bridgehead atoms. The number of sulfonamides is 1. The summed E-state index contributed by atoms with van der Waals surface area (Å²) >= 11 is 0. The van der Waals surface area contributed by atoms with Crippen LogP contribution in [0.2, 0.25) is 0 Å². The van der Waals surface area contributed by atoms with E-state index >= 15 is 0 Å². The zero-order valence-corrected chi connectivity index (χ0v) is 13.9.